The number of nitrogens with zero attached hydrogens (tertiary/aromatic N) is 3. The van der Waals surface area contributed by atoms with E-state index < -0.39 is 17.9 Å². The summed E-state index contributed by atoms with van der Waals surface area (Å²) >= 11 is 0. The first-order valence-electron chi connectivity index (χ1n) is 6.34. The third-order valence-corrected chi connectivity index (χ3v) is 3.37. The maximum absolute atomic E-state index is 12.2. The van der Waals surface area contributed by atoms with Crippen molar-refractivity contribution in [1.29, 1.82) is 0 Å². The van der Waals surface area contributed by atoms with Crippen molar-refractivity contribution < 1.29 is 14.7 Å². The lowest BCUT2D eigenvalue weighted by Gasteiger charge is -2.21. The fourth-order valence-electron chi connectivity index (χ4n) is 1.86. The van der Waals surface area contributed by atoms with Gasteiger partial charge in [-0.15, -0.1) is 0 Å². The molecule has 0 saturated heterocycles. The molecule has 1 N–H and O–H groups in total. The van der Waals surface area contributed by atoms with Crippen LogP contribution >= 0.6 is 0 Å². The molecule has 1 atom stereocenters. The van der Waals surface area contributed by atoms with Crippen LogP contribution in [0.25, 0.3) is 10.9 Å². The third kappa shape index (κ3) is 2.91. The van der Waals surface area contributed by atoms with E-state index in [1.54, 1.807) is 24.3 Å². The highest BCUT2D eigenvalue weighted by Crippen LogP contribution is 2.05. The molecule has 7 nitrogen and oxygen atoms in total. The molecule has 0 spiro atoms. The molecule has 0 aliphatic heterocycles. The molecule has 1 heterocycles. The quantitative estimate of drug-likeness (QED) is 0.875. The molecule has 21 heavy (non-hydrogen) atoms. The summed E-state index contributed by atoms with van der Waals surface area (Å²) in [5.41, 5.74) is 0.226. The van der Waals surface area contributed by atoms with Crippen molar-refractivity contribution in [3.63, 3.8) is 0 Å². The standard InChI is InChI=1S/C14H15N3O4/c1-9(14(20)21)16(2)12(18)7-17-8-15-11-6-4-3-5-10(11)13(17)19/h3-6,8-9H,7H2,1-2H3,(H,20,21). The SMILES string of the molecule is CC(C(=O)O)N(C)C(=O)Cn1cnc2ccccc2c1=O. The molecule has 1 amide bonds. The van der Waals surface area contributed by atoms with Gasteiger partial charge >= 0.3 is 5.97 Å². The lowest BCUT2D eigenvalue weighted by molar-refractivity contribution is -0.148. The van der Waals surface area contributed by atoms with E-state index in [2.05, 4.69) is 4.98 Å². The van der Waals surface area contributed by atoms with E-state index in [-0.39, 0.29) is 12.1 Å². The van der Waals surface area contributed by atoms with E-state index in [0.29, 0.717) is 10.9 Å². The summed E-state index contributed by atoms with van der Waals surface area (Å²) < 4.78 is 1.18. The lowest BCUT2D eigenvalue weighted by Crippen LogP contribution is -2.43. The molecule has 0 saturated carbocycles. The summed E-state index contributed by atoms with van der Waals surface area (Å²) in [5, 5.41) is 9.31. The van der Waals surface area contributed by atoms with Crippen LogP contribution in [0.5, 0.6) is 0 Å². The predicted octanol–water partition coefficient (Wildman–Crippen LogP) is 0.328. The van der Waals surface area contributed by atoms with Gasteiger partial charge in [-0.2, -0.15) is 0 Å². The Balaban J connectivity index is 2.28. The Morgan fingerprint density at radius 2 is 2.05 bits per heavy atom. The van der Waals surface area contributed by atoms with E-state index in [1.165, 1.54) is 24.9 Å². The van der Waals surface area contributed by atoms with Gasteiger partial charge in [-0.3, -0.25) is 14.2 Å². The number of carbonyl (C=O) groups excluding carboxylic acids is 1. The van der Waals surface area contributed by atoms with E-state index in [0.717, 1.165) is 4.90 Å². The average molecular weight is 289 g/mol. The minimum absolute atomic E-state index is 0.245. The second-order valence-electron chi connectivity index (χ2n) is 4.71. The Morgan fingerprint density at radius 1 is 1.38 bits per heavy atom. The molecule has 2 rings (SSSR count). The number of hydrogen-bond donors (Lipinski definition) is 1. The van der Waals surface area contributed by atoms with Crippen LogP contribution in [0.2, 0.25) is 0 Å². The Labute approximate surface area is 120 Å². The molecular weight excluding hydrogens is 274 g/mol. The fourth-order valence-corrected chi connectivity index (χ4v) is 1.86. The minimum Gasteiger partial charge on any atom is -0.480 e. The smallest absolute Gasteiger partial charge is 0.326 e. The van der Waals surface area contributed by atoms with Crippen LogP contribution in [0.15, 0.2) is 35.4 Å². The third-order valence-electron chi connectivity index (χ3n) is 3.37. The Kier molecular flexibility index (Phi) is 4.02. The number of hydrogen-bond acceptors (Lipinski definition) is 4. The monoisotopic (exact) mass is 289 g/mol. The van der Waals surface area contributed by atoms with E-state index in [1.807, 2.05) is 0 Å². The van der Waals surface area contributed by atoms with Crippen molar-refractivity contribution in [1.82, 2.24) is 14.5 Å². The van der Waals surface area contributed by atoms with Gasteiger partial charge < -0.3 is 10.0 Å². The molecule has 0 radical (unpaired) electrons. The van der Waals surface area contributed by atoms with Crippen LogP contribution in [-0.4, -0.2) is 44.5 Å². The minimum atomic E-state index is -1.10. The van der Waals surface area contributed by atoms with Crippen molar-refractivity contribution in [3.05, 3.63) is 40.9 Å². The fraction of sp³-hybridized carbons (Fsp3) is 0.286. The van der Waals surface area contributed by atoms with Gasteiger partial charge in [0.15, 0.2) is 0 Å². The summed E-state index contributed by atoms with van der Waals surface area (Å²) in [6.07, 6.45) is 1.29. The molecule has 1 aromatic carbocycles. The van der Waals surface area contributed by atoms with E-state index >= 15 is 0 Å². The average Bonchev–Trinajstić information content (AvgIpc) is 2.48. The van der Waals surface area contributed by atoms with Crippen molar-refractivity contribution in [3.8, 4) is 0 Å². The first-order chi connectivity index (χ1) is 9.91. The maximum atomic E-state index is 12.2. The lowest BCUT2D eigenvalue weighted by atomic mass is 10.2. The van der Waals surface area contributed by atoms with Crippen molar-refractivity contribution in [2.75, 3.05) is 7.05 Å². The number of fused-ring (bicyclic) bond motifs is 1. The number of aliphatic carboxylic acids is 1. The molecule has 110 valence electrons. The van der Waals surface area contributed by atoms with Crippen molar-refractivity contribution in [2.24, 2.45) is 0 Å². The van der Waals surface area contributed by atoms with E-state index in [4.69, 9.17) is 5.11 Å². The Morgan fingerprint density at radius 3 is 2.71 bits per heavy atom. The van der Waals surface area contributed by atoms with Crippen LogP contribution in [-0.2, 0) is 16.1 Å². The first-order valence-corrected chi connectivity index (χ1v) is 6.34. The zero-order valence-corrected chi connectivity index (χ0v) is 11.7. The van der Waals surface area contributed by atoms with Crippen LogP contribution in [0.3, 0.4) is 0 Å². The number of aromatic nitrogens is 2. The summed E-state index contributed by atoms with van der Waals surface area (Å²) in [7, 11) is 1.39. The number of carbonyl (C=O) groups is 2. The summed E-state index contributed by atoms with van der Waals surface area (Å²) in [4.78, 5) is 40.3. The van der Waals surface area contributed by atoms with Gasteiger partial charge in [0, 0.05) is 7.05 Å². The largest absolute Gasteiger partial charge is 0.480 e. The van der Waals surface area contributed by atoms with Gasteiger partial charge in [-0.05, 0) is 19.1 Å². The molecule has 0 aliphatic rings. The Hall–Kier alpha value is -2.70. The van der Waals surface area contributed by atoms with Gasteiger partial charge in [0.1, 0.15) is 12.6 Å². The molecule has 7 heteroatoms. The summed E-state index contributed by atoms with van der Waals surface area (Å²) in [6.45, 7) is 1.16. The van der Waals surface area contributed by atoms with Gasteiger partial charge in [0.25, 0.3) is 5.56 Å². The van der Waals surface area contributed by atoms with Crippen LogP contribution in [0.1, 0.15) is 6.92 Å². The zero-order chi connectivity index (χ0) is 15.6. The van der Waals surface area contributed by atoms with Crippen molar-refractivity contribution >= 4 is 22.8 Å². The topological polar surface area (TPSA) is 92.5 Å². The molecule has 0 bridgehead atoms. The highest BCUT2D eigenvalue weighted by atomic mass is 16.4. The number of benzene rings is 1. The van der Waals surface area contributed by atoms with Gasteiger partial charge in [-0.1, -0.05) is 12.1 Å². The maximum Gasteiger partial charge on any atom is 0.326 e. The number of likely N-dealkylation sites (N-methyl/N-ethyl adjacent to an activating group) is 1. The normalized spacial score (nSPS) is 12.1. The van der Waals surface area contributed by atoms with Gasteiger partial charge in [0.05, 0.1) is 17.2 Å². The Bertz CT molecular complexity index is 753. The van der Waals surface area contributed by atoms with Crippen molar-refractivity contribution in [2.45, 2.75) is 19.5 Å². The van der Waals surface area contributed by atoms with Gasteiger partial charge in [0.2, 0.25) is 5.91 Å². The van der Waals surface area contributed by atoms with Gasteiger partial charge in [-0.25, -0.2) is 9.78 Å². The number of carboxylic acid groups (broad SMARTS) is 1. The number of carboxylic acids is 1. The summed E-state index contributed by atoms with van der Waals surface area (Å²) in [6, 6.07) is 5.88. The van der Waals surface area contributed by atoms with Crippen LogP contribution < -0.4 is 5.56 Å². The number of rotatable bonds is 4. The number of amides is 1. The molecule has 1 unspecified atom stereocenters. The molecule has 0 aliphatic carbocycles. The second-order valence-corrected chi connectivity index (χ2v) is 4.71. The van der Waals surface area contributed by atoms with E-state index in [9.17, 15) is 14.4 Å². The number of para-hydroxylation sites is 1. The molecular formula is C14H15N3O4. The van der Waals surface area contributed by atoms with Crippen LogP contribution in [0, 0.1) is 0 Å². The molecule has 1 aromatic heterocycles. The predicted molar refractivity (Wildman–Crippen MR) is 75.9 cm³/mol. The first kappa shape index (κ1) is 14.7. The van der Waals surface area contributed by atoms with Crippen LogP contribution in [0.4, 0.5) is 0 Å². The highest BCUT2D eigenvalue weighted by Gasteiger charge is 2.22. The highest BCUT2D eigenvalue weighted by molar-refractivity contribution is 5.83. The zero-order valence-electron chi connectivity index (χ0n) is 11.7. The molecule has 2 aromatic rings. The summed E-state index contributed by atoms with van der Waals surface area (Å²) in [5.74, 6) is -1.57. The molecule has 0 fully saturated rings. The second kappa shape index (κ2) is 5.74.